The number of benzene rings is 2. The second kappa shape index (κ2) is 8.38. The Balaban J connectivity index is 1.64. The largest absolute Gasteiger partial charge is 0.314 e. The fourth-order valence-corrected chi connectivity index (χ4v) is 2.41. The number of hydrogen-bond donors (Lipinski definition) is 1. The first kappa shape index (κ1) is 15.5. The summed E-state index contributed by atoms with van der Waals surface area (Å²) in [4.78, 5) is 12.0. The number of rotatable bonds is 8. The van der Waals surface area contributed by atoms with Gasteiger partial charge in [0.15, 0.2) is 5.78 Å². The molecule has 0 saturated heterocycles. The first-order valence-electron chi connectivity index (χ1n) is 7.61. The summed E-state index contributed by atoms with van der Waals surface area (Å²) in [5.41, 5.74) is 2.16. The molecule has 0 heterocycles. The molecule has 0 aliphatic carbocycles. The van der Waals surface area contributed by atoms with Crippen LogP contribution < -0.4 is 5.32 Å². The van der Waals surface area contributed by atoms with Crippen LogP contribution in [0.2, 0.25) is 0 Å². The van der Waals surface area contributed by atoms with Gasteiger partial charge in [-0.05, 0) is 31.9 Å². The summed E-state index contributed by atoms with van der Waals surface area (Å²) >= 11 is 0. The molecule has 1 unspecified atom stereocenters. The maximum absolute atomic E-state index is 12.0. The van der Waals surface area contributed by atoms with Crippen molar-refractivity contribution in [1.82, 2.24) is 5.32 Å². The molecule has 2 nitrogen and oxygen atoms in total. The molecule has 0 saturated carbocycles. The van der Waals surface area contributed by atoms with Gasteiger partial charge in [0.25, 0.3) is 0 Å². The fraction of sp³-hybridized carbons (Fsp3) is 0.316. The molecule has 2 aromatic carbocycles. The van der Waals surface area contributed by atoms with Crippen molar-refractivity contribution in [3.8, 4) is 0 Å². The topological polar surface area (TPSA) is 29.1 Å². The van der Waals surface area contributed by atoms with E-state index in [2.05, 4.69) is 36.5 Å². The summed E-state index contributed by atoms with van der Waals surface area (Å²) in [6.07, 6.45) is 2.51. The van der Waals surface area contributed by atoms with E-state index in [0.29, 0.717) is 12.5 Å². The van der Waals surface area contributed by atoms with Gasteiger partial charge in [-0.2, -0.15) is 0 Å². The standard InChI is InChI=1S/C19H23NO/c1-16(15-17-9-4-2-5-10-17)20-14-8-13-19(21)18-11-6-3-7-12-18/h2-7,9-12,16,20H,8,13-15H2,1H3. The summed E-state index contributed by atoms with van der Waals surface area (Å²) in [7, 11) is 0. The van der Waals surface area contributed by atoms with E-state index in [0.717, 1.165) is 24.9 Å². The Labute approximate surface area is 127 Å². The summed E-state index contributed by atoms with van der Waals surface area (Å²) in [6.45, 7) is 3.07. The van der Waals surface area contributed by atoms with Gasteiger partial charge in [0, 0.05) is 18.0 Å². The monoisotopic (exact) mass is 281 g/mol. The number of nitrogens with one attached hydrogen (secondary N) is 1. The van der Waals surface area contributed by atoms with Crippen molar-refractivity contribution >= 4 is 5.78 Å². The van der Waals surface area contributed by atoms with E-state index in [1.807, 2.05) is 36.4 Å². The quantitative estimate of drug-likeness (QED) is 0.588. The number of Topliss-reactive ketones (excluding diaryl/α,β-unsaturated/α-hetero) is 1. The molecule has 0 spiro atoms. The smallest absolute Gasteiger partial charge is 0.162 e. The number of ketones is 1. The lowest BCUT2D eigenvalue weighted by Crippen LogP contribution is -2.29. The minimum atomic E-state index is 0.230. The van der Waals surface area contributed by atoms with E-state index in [4.69, 9.17) is 0 Å². The average molecular weight is 281 g/mol. The Morgan fingerprint density at radius 3 is 2.29 bits per heavy atom. The second-order valence-electron chi connectivity index (χ2n) is 5.44. The third-order valence-electron chi connectivity index (χ3n) is 3.55. The van der Waals surface area contributed by atoms with E-state index in [9.17, 15) is 4.79 Å². The van der Waals surface area contributed by atoms with Gasteiger partial charge in [0.2, 0.25) is 0 Å². The molecule has 0 fully saturated rings. The molecule has 0 amide bonds. The molecule has 21 heavy (non-hydrogen) atoms. The van der Waals surface area contributed by atoms with Crippen LogP contribution in [0.25, 0.3) is 0 Å². The zero-order chi connectivity index (χ0) is 14.9. The van der Waals surface area contributed by atoms with E-state index in [1.165, 1.54) is 5.56 Å². The van der Waals surface area contributed by atoms with Crippen molar-refractivity contribution in [1.29, 1.82) is 0 Å². The summed E-state index contributed by atoms with van der Waals surface area (Å²) in [5.74, 6) is 0.230. The summed E-state index contributed by atoms with van der Waals surface area (Å²) < 4.78 is 0. The summed E-state index contributed by atoms with van der Waals surface area (Å²) in [6, 6.07) is 20.4. The van der Waals surface area contributed by atoms with E-state index in [1.54, 1.807) is 0 Å². The summed E-state index contributed by atoms with van der Waals surface area (Å²) in [5, 5.41) is 3.49. The van der Waals surface area contributed by atoms with Crippen LogP contribution in [0.3, 0.4) is 0 Å². The maximum Gasteiger partial charge on any atom is 0.162 e. The van der Waals surface area contributed by atoms with Gasteiger partial charge in [-0.25, -0.2) is 0 Å². The number of carbonyl (C=O) groups excluding carboxylic acids is 1. The zero-order valence-electron chi connectivity index (χ0n) is 12.6. The lowest BCUT2D eigenvalue weighted by atomic mass is 10.1. The van der Waals surface area contributed by atoms with Crippen molar-refractivity contribution in [2.45, 2.75) is 32.2 Å². The molecular weight excluding hydrogens is 258 g/mol. The molecule has 0 aliphatic rings. The molecular formula is C19H23NO. The van der Waals surface area contributed by atoms with Gasteiger partial charge >= 0.3 is 0 Å². The van der Waals surface area contributed by atoms with Crippen LogP contribution in [0.5, 0.6) is 0 Å². The molecule has 2 rings (SSSR count). The Hall–Kier alpha value is -1.93. The third-order valence-corrected chi connectivity index (χ3v) is 3.55. The predicted molar refractivity (Wildman–Crippen MR) is 87.6 cm³/mol. The molecule has 0 radical (unpaired) electrons. The number of hydrogen-bond acceptors (Lipinski definition) is 2. The van der Waals surface area contributed by atoms with Gasteiger partial charge in [0.1, 0.15) is 0 Å². The second-order valence-corrected chi connectivity index (χ2v) is 5.44. The highest BCUT2D eigenvalue weighted by Gasteiger charge is 2.06. The predicted octanol–water partition coefficient (Wildman–Crippen LogP) is 3.87. The highest BCUT2D eigenvalue weighted by Crippen LogP contribution is 2.05. The molecule has 2 heteroatoms. The Kier molecular flexibility index (Phi) is 6.17. The Morgan fingerprint density at radius 2 is 1.62 bits per heavy atom. The molecule has 0 aliphatic heterocycles. The highest BCUT2D eigenvalue weighted by molar-refractivity contribution is 5.95. The van der Waals surface area contributed by atoms with Crippen molar-refractivity contribution in [3.63, 3.8) is 0 Å². The van der Waals surface area contributed by atoms with Gasteiger partial charge in [-0.15, -0.1) is 0 Å². The van der Waals surface area contributed by atoms with Crippen LogP contribution in [0.4, 0.5) is 0 Å². The van der Waals surface area contributed by atoms with E-state index < -0.39 is 0 Å². The maximum atomic E-state index is 12.0. The first-order valence-corrected chi connectivity index (χ1v) is 7.61. The van der Waals surface area contributed by atoms with Crippen LogP contribution >= 0.6 is 0 Å². The van der Waals surface area contributed by atoms with E-state index >= 15 is 0 Å². The van der Waals surface area contributed by atoms with Gasteiger partial charge in [-0.3, -0.25) is 4.79 Å². The molecule has 1 N–H and O–H groups in total. The van der Waals surface area contributed by atoms with Crippen LogP contribution in [0.15, 0.2) is 60.7 Å². The average Bonchev–Trinajstić information content (AvgIpc) is 2.53. The molecule has 0 bridgehead atoms. The SMILES string of the molecule is CC(Cc1ccccc1)NCCCC(=O)c1ccccc1. The van der Waals surface area contributed by atoms with Crippen LogP contribution in [0, 0.1) is 0 Å². The van der Waals surface area contributed by atoms with E-state index in [-0.39, 0.29) is 5.78 Å². The normalized spacial score (nSPS) is 12.0. The molecule has 1 atom stereocenters. The molecule has 110 valence electrons. The van der Waals surface area contributed by atoms with Crippen LogP contribution in [-0.4, -0.2) is 18.4 Å². The fourth-order valence-electron chi connectivity index (χ4n) is 2.41. The lowest BCUT2D eigenvalue weighted by molar-refractivity contribution is 0.0979. The minimum absolute atomic E-state index is 0.230. The van der Waals surface area contributed by atoms with Crippen LogP contribution in [0.1, 0.15) is 35.7 Å². The number of carbonyl (C=O) groups is 1. The zero-order valence-corrected chi connectivity index (χ0v) is 12.6. The van der Waals surface area contributed by atoms with Crippen LogP contribution in [-0.2, 0) is 6.42 Å². The van der Waals surface area contributed by atoms with Gasteiger partial charge < -0.3 is 5.32 Å². The highest BCUT2D eigenvalue weighted by atomic mass is 16.1. The van der Waals surface area contributed by atoms with Crippen molar-refractivity contribution in [2.24, 2.45) is 0 Å². The Bertz CT molecular complexity index is 536. The molecule has 0 aromatic heterocycles. The van der Waals surface area contributed by atoms with Gasteiger partial charge in [-0.1, -0.05) is 60.7 Å². The van der Waals surface area contributed by atoms with Crippen molar-refractivity contribution in [2.75, 3.05) is 6.54 Å². The lowest BCUT2D eigenvalue weighted by Gasteiger charge is -2.13. The van der Waals surface area contributed by atoms with Gasteiger partial charge in [0.05, 0.1) is 0 Å². The van der Waals surface area contributed by atoms with Crippen molar-refractivity contribution < 1.29 is 4.79 Å². The molecule has 2 aromatic rings. The third kappa shape index (κ3) is 5.52. The Morgan fingerprint density at radius 1 is 1.00 bits per heavy atom. The van der Waals surface area contributed by atoms with Crippen molar-refractivity contribution in [3.05, 3.63) is 71.8 Å². The first-order chi connectivity index (χ1) is 10.3. The minimum Gasteiger partial charge on any atom is -0.314 e.